The smallest absolute Gasteiger partial charge is 0.284 e. The Morgan fingerprint density at radius 1 is 1.35 bits per heavy atom. The van der Waals surface area contributed by atoms with E-state index in [1.54, 1.807) is 19.2 Å². The van der Waals surface area contributed by atoms with Crippen molar-refractivity contribution in [3.63, 3.8) is 0 Å². The predicted octanol–water partition coefficient (Wildman–Crippen LogP) is 1.48. The third kappa shape index (κ3) is 4.95. The van der Waals surface area contributed by atoms with Gasteiger partial charge in [-0.05, 0) is 18.1 Å². The number of furan rings is 1. The molecule has 6 heteroatoms. The molecule has 4 N–H and O–H groups in total. The number of amides is 1. The summed E-state index contributed by atoms with van der Waals surface area (Å²) < 4.78 is 5.29. The molecule has 0 aliphatic heterocycles. The number of nitrogens with one attached hydrogen (secondary N) is 2. The van der Waals surface area contributed by atoms with Gasteiger partial charge in [0.25, 0.3) is 5.91 Å². The minimum absolute atomic E-state index is 0.168. The van der Waals surface area contributed by atoms with E-state index in [4.69, 9.17) is 10.2 Å². The molecule has 0 spiro atoms. The molecule has 112 valence electrons. The van der Waals surface area contributed by atoms with Crippen molar-refractivity contribution in [2.75, 3.05) is 13.6 Å². The molecule has 0 unspecified atom stereocenters. The molecule has 0 saturated heterocycles. The van der Waals surface area contributed by atoms with Crippen LogP contribution in [0, 0.1) is 5.92 Å². The molecule has 20 heavy (non-hydrogen) atoms. The van der Waals surface area contributed by atoms with Crippen LogP contribution in [0.15, 0.2) is 21.5 Å². The first-order chi connectivity index (χ1) is 9.60. The zero-order chi connectivity index (χ0) is 15.0. The molecule has 1 heterocycles. The van der Waals surface area contributed by atoms with E-state index in [2.05, 4.69) is 29.5 Å². The summed E-state index contributed by atoms with van der Waals surface area (Å²) in [5.74, 6) is 1.60. The van der Waals surface area contributed by atoms with Gasteiger partial charge in [-0.15, -0.1) is 0 Å². The largest absolute Gasteiger partial charge is 0.454 e. The Hall–Kier alpha value is -1.98. The number of nitrogens with two attached hydrogens (primary N) is 1. The normalized spacial score (nSPS) is 11.7. The Morgan fingerprint density at radius 3 is 2.55 bits per heavy atom. The minimum Gasteiger partial charge on any atom is -0.454 e. The van der Waals surface area contributed by atoms with E-state index in [0.717, 1.165) is 19.4 Å². The first kappa shape index (κ1) is 16.1. The molecular weight excluding hydrogens is 256 g/mol. The summed E-state index contributed by atoms with van der Waals surface area (Å²) in [5.41, 5.74) is 5.13. The number of hydrogen-bond donors (Lipinski definition) is 3. The summed E-state index contributed by atoms with van der Waals surface area (Å²) in [6, 6.07) is 3.29. The first-order valence-electron chi connectivity index (χ1n) is 6.93. The lowest BCUT2D eigenvalue weighted by molar-refractivity contribution is 0.0972. The third-order valence-corrected chi connectivity index (χ3v) is 3.27. The molecule has 6 nitrogen and oxygen atoms in total. The summed E-state index contributed by atoms with van der Waals surface area (Å²) in [5, 5.41) is 6.41. The fraction of sp³-hybridized carbons (Fsp3) is 0.571. The average molecular weight is 280 g/mol. The maximum Gasteiger partial charge on any atom is 0.284 e. The average Bonchev–Trinajstić information content (AvgIpc) is 2.92. The van der Waals surface area contributed by atoms with Crippen molar-refractivity contribution in [2.24, 2.45) is 16.6 Å². The summed E-state index contributed by atoms with van der Waals surface area (Å²) in [7, 11) is 1.72. The van der Waals surface area contributed by atoms with Crippen molar-refractivity contribution in [2.45, 2.75) is 33.2 Å². The van der Waals surface area contributed by atoms with Crippen LogP contribution in [0.3, 0.4) is 0 Å². The molecule has 0 aliphatic carbocycles. The highest BCUT2D eigenvalue weighted by Gasteiger charge is 2.08. The molecule has 0 fully saturated rings. The second-order valence-electron chi connectivity index (χ2n) is 4.62. The van der Waals surface area contributed by atoms with E-state index in [1.807, 2.05) is 0 Å². The van der Waals surface area contributed by atoms with E-state index in [0.29, 0.717) is 24.2 Å². The number of primary amides is 1. The van der Waals surface area contributed by atoms with Gasteiger partial charge in [-0.25, -0.2) is 0 Å². The monoisotopic (exact) mass is 280 g/mol. The second kappa shape index (κ2) is 8.24. The lowest BCUT2D eigenvalue weighted by Crippen LogP contribution is -2.39. The van der Waals surface area contributed by atoms with Gasteiger partial charge in [0, 0.05) is 13.6 Å². The van der Waals surface area contributed by atoms with Crippen LogP contribution in [0.25, 0.3) is 0 Å². The van der Waals surface area contributed by atoms with Gasteiger partial charge in [-0.1, -0.05) is 26.7 Å². The summed E-state index contributed by atoms with van der Waals surface area (Å²) in [6.45, 7) is 5.70. The fourth-order valence-electron chi connectivity index (χ4n) is 1.82. The number of rotatable bonds is 7. The van der Waals surface area contributed by atoms with E-state index in [-0.39, 0.29) is 5.76 Å². The van der Waals surface area contributed by atoms with Crippen LogP contribution < -0.4 is 16.4 Å². The minimum atomic E-state index is -0.563. The molecular formula is C14H24N4O2. The van der Waals surface area contributed by atoms with Crippen LogP contribution in [0.5, 0.6) is 0 Å². The zero-order valence-corrected chi connectivity index (χ0v) is 12.4. The molecule has 0 radical (unpaired) electrons. The fourth-order valence-corrected chi connectivity index (χ4v) is 1.82. The summed E-state index contributed by atoms with van der Waals surface area (Å²) in [6.07, 6.45) is 2.28. The van der Waals surface area contributed by atoms with Crippen molar-refractivity contribution in [1.29, 1.82) is 0 Å². The van der Waals surface area contributed by atoms with E-state index in [1.165, 1.54) is 0 Å². The molecule has 1 aromatic rings. The molecule has 1 amide bonds. The van der Waals surface area contributed by atoms with Gasteiger partial charge in [-0.3, -0.25) is 9.79 Å². The lowest BCUT2D eigenvalue weighted by Gasteiger charge is -2.16. The van der Waals surface area contributed by atoms with Gasteiger partial charge >= 0.3 is 0 Å². The zero-order valence-electron chi connectivity index (χ0n) is 12.4. The van der Waals surface area contributed by atoms with Gasteiger partial charge in [0.1, 0.15) is 5.76 Å². The van der Waals surface area contributed by atoms with Crippen molar-refractivity contribution in [1.82, 2.24) is 10.6 Å². The maximum atomic E-state index is 10.9. The summed E-state index contributed by atoms with van der Waals surface area (Å²) in [4.78, 5) is 15.1. The second-order valence-corrected chi connectivity index (χ2v) is 4.62. The highest BCUT2D eigenvalue weighted by atomic mass is 16.3. The van der Waals surface area contributed by atoms with Gasteiger partial charge < -0.3 is 20.8 Å². The SMILES string of the molecule is CCC(CC)CNC(=NC)NCc1ccc(C(N)=O)o1. The highest BCUT2D eigenvalue weighted by Crippen LogP contribution is 2.07. The van der Waals surface area contributed by atoms with E-state index < -0.39 is 5.91 Å². The third-order valence-electron chi connectivity index (χ3n) is 3.27. The van der Waals surface area contributed by atoms with Crippen LogP contribution in [0.2, 0.25) is 0 Å². The number of aliphatic imine (C=N–C) groups is 1. The molecule has 0 aromatic carbocycles. The number of guanidine groups is 1. The van der Waals surface area contributed by atoms with E-state index in [9.17, 15) is 4.79 Å². The van der Waals surface area contributed by atoms with Crippen LogP contribution in [0.1, 0.15) is 43.0 Å². The van der Waals surface area contributed by atoms with Gasteiger partial charge in [0.05, 0.1) is 6.54 Å². The number of hydrogen-bond acceptors (Lipinski definition) is 3. The molecule has 0 aliphatic rings. The van der Waals surface area contributed by atoms with Crippen molar-refractivity contribution < 1.29 is 9.21 Å². The van der Waals surface area contributed by atoms with Crippen molar-refractivity contribution >= 4 is 11.9 Å². The van der Waals surface area contributed by atoms with E-state index >= 15 is 0 Å². The predicted molar refractivity (Wildman–Crippen MR) is 79.5 cm³/mol. The molecule has 0 atom stereocenters. The van der Waals surface area contributed by atoms with Crippen LogP contribution in [-0.2, 0) is 6.54 Å². The lowest BCUT2D eigenvalue weighted by atomic mass is 10.0. The maximum absolute atomic E-state index is 10.9. The Balaban J connectivity index is 2.43. The Labute approximate surface area is 119 Å². The van der Waals surface area contributed by atoms with Crippen LogP contribution in [-0.4, -0.2) is 25.5 Å². The molecule has 0 saturated carbocycles. The highest BCUT2D eigenvalue weighted by molar-refractivity contribution is 5.89. The quantitative estimate of drug-likeness (QED) is 0.521. The topological polar surface area (TPSA) is 92.6 Å². The van der Waals surface area contributed by atoms with Crippen molar-refractivity contribution in [3.05, 3.63) is 23.7 Å². The van der Waals surface area contributed by atoms with Gasteiger partial charge in [0.2, 0.25) is 0 Å². The Kier molecular flexibility index (Phi) is 6.63. The number of carbonyl (C=O) groups excluding carboxylic acids is 1. The van der Waals surface area contributed by atoms with Crippen molar-refractivity contribution in [3.8, 4) is 0 Å². The van der Waals surface area contributed by atoms with Gasteiger partial charge in [-0.2, -0.15) is 0 Å². The molecule has 1 rings (SSSR count). The standard InChI is InChI=1S/C14H24N4O2/c1-4-10(5-2)8-17-14(16-3)18-9-11-6-7-12(20-11)13(15)19/h6-7,10H,4-5,8-9H2,1-3H3,(H2,15,19)(H2,16,17,18). The van der Waals surface area contributed by atoms with Crippen LogP contribution in [0.4, 0.5) is 0 Å². The number of nitrogens with zero attached hydrogens (tertiary/aromatic N) is 1. The Morgan fingerprint density at radius 2 is 2.05 bits per heavy atom. The van der Waals surface area contributed by atoms with Gasteiger partial charge in [0.15, 0.2) is 11.7 Å². The molecule has 0 bridgehead atoms. The number of carbonyl (C=O) groups is 1. The molecule has 1 aromatic heterocycles. The van der Waals surface area contributed by atoms with Crippen LogP contribution >= 0.6 is 0 Å². The first-order valence-corrected chi connectivity index (χ1v) is 6.93. The summed E-state index contributed by atoms with van der Waals surface area (Å²) >= 11 is 0. The Bertz CT molecular complexity index is 450.